The molecule has 1 atom stereocenters. The van der Waals surface area contributed by atoms with Crippen molar-refractivity contribution in [2.75, 3.05) is 27.4 Å². The Kier molecular flexibility index (Phi) is 9.34. The zero-order valence-corrected chi connectivity index (χ0v) is 23.6. The minimum atomic E-state index is -0.204. The number of fused-ring (bicyclic) bond motifs is 1. The Morgan fingerprint density at radius 2 is 1.54 bits per heavy atom. The molecule has 0 aliphatic carbocycles. The molecule has 1 aromatic heterocycles. The van der Waals surface area contributed by atoms with Gasteiger partial charge in [-0.15, -0.1) is 0 Å². The first-order valence-corrected chi connectivity index (χ1v) is 13.9. The molecule has 0 fully saturated rings. The summed E-state index contributed by atoms with van der Waals surface area (Å²) in [4.78, 5) is 13.2. The number of hydrogen-bond donors (Lipinski definition) is 1. The fraction of sp³-hybridized carbons (Fsp3) is 0.229. The Morgan fingerprint density at radius 1 is 0.829 bits per heavy atom. The third-order valence-corrected chi connectivity index (χ3v) is 7.24. The van der Waals surface area contributed by atoms with Crippen LogP contribution in [-0.2, 0) is 22.7 Å². The Morgan fingerprint density at radius 3 is 2.27 bits per heavy atom. The molecule has 210 valence electrons. The van der Waals surface area contributed by atoms with E-state index in [2.05, 4.69) is 64.6 Å². The highest BCUT2D eigenvalue weighted by molar-refractivity contribution is 5.87. The monoisotopic (exact) mass is 548 g/mol. The van der Waals surface area contributed by atoms with Crippen LogP contribution in [0.4, 0.5) is 0 Å². The molecule has 0 unspecified atom stereocenters. The lowest BCUT2D eigenvalue weighted by Gasteiger charge is -2.20. The number of rotatable bonds is 13. The van der Waals surface area contributed by atoms with Crippen LogP contribution < -0.4 is 14.8 Å². The molecule has 0 spiro atoms. The molecule has 0 saturated carbocycles. The lowest BCUT2D eigenvalue weighted by Crippen LogP contribution is -2.28. The molecule has 0 radical (unpaired) electrons. The Labute approximate surface area is 241 Å². The number of hydrogen-bond acceptors (Lipinski definition) is 4. The van der Waals surface area contributed by atoms with Crippen LogP contribution >= 0.6 is 0 Å². The predicted molar refractivity (Wildman–Crippen MR) is 163 cm³/mol. The minimum absolute atomic E-state index is 0.0329. The van der Waals surface area contributed by atoms with E-state index in [-0.39, 0.29) is 18.2 Å². The van der Waals surface area contributed by atoms with Crippen LogP contribution in [-0.4, -0.2) is 37.8 Å². The van der Waals surface area contributed by atoms with Crippen molar-refractivity contribution in [2.24, 2.45) is 0 Å². The summed E-state index contributed by atoms with van der Waals surface area (Å²) in [6.45, 7) is 2.08. The van der Waals surface area contributed by atoms with E-state index in [4.69, 9.17) is 14.2 Å². The molecule has 5 aromatic rings. The normalized spacial score (nSPS) is 11.8. The molecule has 0 aliphatic heterocycles. The predicted octanol–water partition coefficient (Wildman–Crippen LogP) is 6.56. The largest absolute Gasteiger partial charge is 0.493 e. The Balaban J connectivity index is 1.54. The summed E-state index contributed by atoms with van der Waals surface area (Å²) < 4.78 is 19.3. The summed E-state index contributed by atoms with van der Waals surface area (Å²) >= 11 is 0. The third kappa shape index (κ3) is 6.97. The van der Waals surface area contributed by atoms with Crippen molar-refractivity contribution in [3.8, 4) is 11.5 Å². The number of ether oxygens (including phenoxy) is 3. The second kappa shape index (κ2) is 13.7. The van der Waals surface area contributed by atoms with Gasteiger partial charge in [0.05, 0.1) is 13.7 Å². The average Bonchev–Trinajstić information content (AvgIpc) is 3.37. The van der Waals surface area contributed by atoms with E-state index in [0.717, 1.165) is 34.1 Å². The van der Waals surface area contributed by atoms with Crippen LogP contribution in [0.5, 0.6) is 11.5 Å². The molecule has 6 heteroatoms. The maximum Gasteiger partial charge on any atom is 0.221 e. The van der Waals surface area contributed by atoms with E-state index >= 15 is 0 Å². The lowest BCUT2D eigenvalue weighted by molar-refractivity contribution is -0.121. The van der Waals surface area contributed by atoms with Crippen molar-refractivity contribution in [1.82, 2.24) is 9.88 Å². The fourth-order valence-electron chi connectivity index (χ4n) is 5.18. The van der Waals surface area contributed by atoms with E-state index < -0.39 is 0 Å². The van der Waals surface area contributed by atoms with Crippen molar-refractivity contribution in [3.05, 3.63) is 132 Å². The number of carbonyl (C=O) groups excluding carboxylic acids is 1. The first kappa shape index (κ1) is 28.0. The lowest BCUT2D eigenvalue weighted by atomic mass is 9.87. The standard InChI is InChI=1S/C35H36N2O4/c1-39-20-19-36-35(38)22-30(28-17-18-33(40-2)34(21-28)41-25-27-13-7-4-8-14-27)31-24-37(23-26-11-5-3-6-12-26)32-16-10-9-15-29(31)32/h3-18,21,24,30H,19-20,22-23,25H2,1-2H3,(H,36,38)/t30-/m0/s1. The molecule has 0 aliphatic rings. The van der Waals surface area contributed by atoms with E-state index in [1.54, 1.807) is 14.2 Å². The molecule has 0 bridgehead atoms. The summed E-state index contributed by atoms with van der Waals surface area (Å²) in [5.74, 6) is 1.06. The van der Waals surface area contributed by atoms with Crippen LogP contribution in [0.2, 0.25) is 0 Å². The quantitative estimate of drug-likeness (QED) is 0.169. The average molecular weight is 549 g/mol. The minimum Gasteiger partial charge on any atom is -0.493 e. The SMILES string of the molecule is COCCNC(=O)C[C@@H](c1ccc(OC)c(OCc2ccccc2)c1)c1cn(Cc2ccccc2)c2ccccc12. The van der Waals surface area contributed by atoms with Gasteiger partial charge in [-0.1, -0.05) is 84.9 Å². The molecule has 0 saturated heterocycles. The van der Waals surface area contributed by atoms with Crippen molar-refractivity contribution in [1.29, 1.82) is 0 Å². The molecule has 1 amide bonds. The molecule has 4 aromatic carbocycles. The third-order valence-electron chi connectivity index (χ3n) is 7.24. The first-order valence-electron chi connectivity index (χ1n) is 13.9. The van der Waals surface area contributed by atoms with Gasteiger partial charge in [-0.3, -0.25) is 4.79 Å². The number of nitrogens with zero attached hydrogens (tertiary/aromatic N) is 1. The summed E-state index contributed by atoms with van der Waals surface area (Å²) in [6.07, 6.45) is 2.48. The highest BCUT2D eigenvalue weighted by atomic mass is 16.5. The van der Waals surface area contributed by atoms with Crippen molar-refractivity contribution in [3.63, 3.8) is 0 Å². The van der Waals surface area contributed by atoms with Gasteiger partial charge in [0, 0.05) is 49.6 Å². The fourth-order valence-corrected chi connectivity index (χ4v) is 5.18. The van der Waals surface area contributed by atoms with Crippen molar-refractivity contribution >= 4 is 16.8 Å². The molecular weight excluding hydrogens is 512 g/mol. The maximum absolute atomic E-state index is 13.2. The van der Waals surface area contributed by atoms with Gasteiger partial charge in [-0.2, -0.15) is 0 Å². The number of carbonyl (C=O) groups is 1. The van der Waals surface area contributed by atoms with Gasteiger partial charge in [-0.05, 0) is 40.5 Å². The van der Waals surface area contributed by atoms with Gasteiger partial charge in [-0.25, -0.2) is 0 Å². The van der Waals surface area contributed by atoms with Crippen LogP contribution in [0.1, 0.15) is 34.6 Å². The zero-order valence-electron chi connectivity index (χ0n) is 23.6. The maximum atomic E-state index is 13.2. The number of methoxy groups -OCH3 is 2. The second-order valence-corrected chi connectivity index (χ2v) is 10.00. The first-order chi connectivity index (χ1) is 20.2. The van der Waals surface area contributed by atoms with Gasteiger partial charge >= 0.3 is 0 Å². The summed E-state index contributed by atoms with van der Waals surface area (Å²) in [5.41, 5.74) is 5.49. The van der Waals surface area contributed by atoms with Crippen LogP contribution in [0, 0.1) is 0 Å². The van der Waals surface area contributed by atoms with E-state index in [9.17, 15) is 4.79 Å². The molecule has 5 rings (SSSR count). The van der Waals surface area contributed by atoms with E-state index in [1.807, 2.05) is 54.6 Å². The summed E-state index contributed by atoms with van der Waals surface area (Å²) in [6, 6.07) is 34.8. The van der Waals surface area contributed by atoms with Crippen LogP contribution in [0.15, 0.2) is 109 Å². The Bertz CT molecular complexity index is 1560. The molecule has 6 nitrogen and oxygen atoms in total. The molecular formula is C35H36N2O4. The van der Waals surface area contributed by atoms with Gasteiger partial charge in [0.2, 0.25) is 5.91 Å². The molecule has 1 N–H and O–H groups in total. The summed E-state index contributed by atoms with van der Waals surface area (Å²) in [5, 5.41) is 4.13. The van der Waals surface area contributed by atoms with Crippen molar-refractivity contribution < 1.29 is 19.0 Å². The van der Waals surface area contributed by atoms with Crippen molar-refractivity contribution in [2.45, 2.75) is 25.5 Å². The molecule has 1 heterocycles. The van der Waals surface area contributed by atoms with E-state index in [0.29, 0.717) is 31.3 Å². The topological polar surface area (TPSA) is 61.7 Å². The number of benzene rings is 4. The van der Waals surface area contributed by atoms with Crippen LogP contribution in [0.25, 0.3) is 10.9 Å². The highest BCUT2D eigenvalue weighted by Gasteiger charge is 2.24. The van der Waals surface area contributed by atoms with Gasteiger partial charge in [0.1, 0.15) is 6.61 Å². The number of aromatic nitrogens is 1. The van der Waals surface area contributed by atoms with E-state index in [1.165, 1.54) is 5.56 Å². The van der Waals surface area contributed by atoms with Gasteiger partial charge in [0.15, 0.2) is 11.5 Å². The number of nitrogens with one attached hydrogen (secondary N) is 1. The highest BCUT2D eigenvalue weighted by Crippen LogP contribution is 2.39. The summed E-state index contributed by atoms with van der Waals surface area (Å²) in [7, 11) is 3.27. The van der Waals surface area contributed by atoms with Gasteiger partial charge < -0.3 is 24.1 Å². The number of para-hydroxylation sites is 1. The number of amides is 1. The van der Waals surface area contributed by atoms with Crippen LogP contribution in [0.3, 0.4) is 0 Å². The molecule has 41 heavy (non-hydrogen) atoms. The second-order valence-electron chi connectivity index (χ2n) is 10.00. The smallest absolute Gasteiger partial charge is 0.221 e. The zero-order chi connectivity index (χ0) is 28.4. The van der Waals surface area contributed by atoms with Gasteiger partial charge in [0.25, 0.3) is 0 Å². The Hall–Kier alpha value is -4.55.